The Bertz CT molecular complexity index is 1170. The van der Waals surface area contributed by atoms with Crippen molar-refractivity contribution >= 4 is 17.9 Å². The highest BCUT2D eigenvalue weighted by atomic mass is 16.6. The Hall–Kier alpha value is -2.89. The lowest BCUT2D eigenvalue weighted by atomic mass is 10.1. The number of ether oxygens (including phenoxy) is 3. The predicted octanol–water partition coefficient (Wildman–Crippen LogP) is 18.0. The van der Waals surface area contributed by atoms with E-state index in [0.29, 0.717) is 19.3 Å². The van der Waals surface area contributed by atoms with Gasteiger partial charge in [-0.25, -0.2) is 0 Å². The molecule has 64 heavy (non-hydrogen) atoms. The van der Waals surface area contributed by atoms with Gasteiger partial charge >= 0.3 is 17.9 Å². The fourth-order valence-corrected chi connectivity index (χ4v) is 7.54. The fraction of sp³-hybridized carbons (Fsp3) is 0.776. The van der Waals surface area contributed by atoms with E-state index < -0.39 is 6.10 Å². The standard InChI is InChI=1S/C58H102O6/c1-4-7-10-13-16-19-22-24-26-28-29-30-32-33-36-39-42-45-48-51-57(60)63-54-55(53-62-56(59)50-47-44-41-38-35-21-18-15-12-9-6-3)64-58(61)52-49-46-43-40-37-34-31-27-25-23-20-17-14-11-8-5-2/h15-16,18-20,23-24,26-27,31,55H,4-14,17,21-22,25,28-30,32-54H2,1-3H3/b18-15-,19-16-,23-20-,26-24-,31-27-. The van der Waals surface area contributed by atoms with Crippen molar-refractivity contribution in [1.82, 2.24) is 0 Å². The summed E-state index contributed by atoms with van der Waals surface area (Å²) in [5.41, 5.74) is 0. The Labute approximate surface area is 396 Å². The molecule has 0 aliphatic carbocycles. The van der Waals surface area contributed by atoms with Gasteiger partial charge in [-0.3, -0.25) is 14.4 Å². The summed E-state index contributed by atoms with van der Waals surface area (Å²) in [5, 5.41) is 0. The highest BCUT2D eigenvalue weighted by molar-refractivity contribution is 5.71. The van der Waals surface area contributed by atoms with Gasteiger partial charge in [0.1, 0.15) is 13.2 Å². The van der Waals surface area contributed by atoms with Crippen LogP contribution in [0.4, 0.5) is 0 Å². The van der Waals surface area contributed by atoms with Crippen LogP contribution in [0.3, 0.4) is 0 Å². The van der Waals surface area contributed by atoms with Crippen molar-refractivity contribution in [3.63, 3.8) is 0 Å². The third-order valence-corrected chi connectivity index (χ3v) is 11.7. The second kappa shape index (κ2) is 52.7. The number of hydrogen-bond acceptors (Lipinski definition) is 6. The number of carbonyl (C=O) groups excluding carboxylic acids is 3. The lowest BCUT2D eigenvalue weighted by Crippen LogP contribution is -2.30. The molecule has 0 aromatic carbocycles. The number of rotatable bonds is 49. The summed E-state index contributed by atoms with van der Waals surface area (Å²) < 4.78 is 16.8. The molecule has 1 atom stereocenters. The summed E-state index contributed by atoms with van der Waals surface area (Å²) in [6.07, 6.45) is 64.9. The molecule has 0 aromatic heterocycles. The van der Waals surface area contributed by atoms with E-state index in [9.17, 15) is 14.4 Å². The molecule has 0 heterocycles. The molecule has 0 spiro atoms. The van der Waals surface area contributed by atoms with Crippen molar-refractivity contribution < 1.29 is 28.6 Å². The summed E-state index contributed by atoms with van der Waals surface area (Å²) in [5.74, 6) is -0.906. The average molecular weight is 895 g/mol. The lowest BCUT2D eigenvalue weighted by Gasteiger charge is -2.18. The second-order valence-corrected chi connectivity index (χ2v) is 18.1. The van der Waals surface area contributed by atoms with Crippen LogP contribution in [0, 0.1) is 0 Å². The zero-order valence-corrected chi connectivity index (χ0v) is 42.3. The minimum absolute atomic E-state index is 0.0843. The van der Waals surface area contributed by atoms with Crippen LogP contribution in [0.1, 0.15) is 271 Å². The summed E-state index contributed by atoms with van der Waals surface area (Å²) in [6.45, 7) is 6.55. The van der Waals surface area contributed by atoms with Gasteiger partial charge in [0, 0.05) is 19.3 Å². The van der Waals surface area contributed by atoms with Crippen molar-refractivity contribution in [2.24, 2.45) is 0 Å². The molecule has 6 nitrogen and oxygen atoms in total. The van der Waals surface area contributed by atoms with Gasteiger partial charge in [-0.05, 0) is 103 Å². The Morgan fingerprint density at radius 1 is 0.312 bits per heavy atom. The van der Waals surface area contributed by atoms with Crippen LogP contribution in [0.2, 0.25) is 0 Å². The highest BCUT2D eigenvalue weighted by Crippen LogP contribution is 2.15. The number of hydrogen-bond donors (Lipinski definition) is 0. The SMILES string of the molecule is CCCC/C=C\CCCCCCCC(=O)OCC(COC(=O)CCCCCCCCCCC/C=C\C/C=C\CCCCC)OC(=O)CCCCCCC/C=C\C/C=C\CCCCCC. The molecule has 0 amide bonds. The van der Waals surface area contributed by atoms with Crippen LogP contribution >= 0.6 is 0 Å². The minimum Gasteiger partial charge on any atom is -0.462 e. The van der Waals surface area contributed by atoms with E-state index in [4.69, 9.17) is 14.2 Å². The topological polar surface area (TPSA) is 78.9 Å². The predicted molar refractivity (Wildman–Crippen MR) is 275 cm³/mol. The first-order valence-corrected chi connectivity index (χ1v) is 27.3. The van der Waals surface area contributed by atoms with E-state index >= 15 is 0 Å². The van der Waals surface area contributed by atoms with Gasteiger partial charge < -0.3 is 14.2 Å². The van der Waals surface area contributed by atoms with Gasteiger partial charge in [0.05, 0.1) is 0 Å². The van der Waals surface area contributed by atoms with Crippen LogP contribution in [0.15, 0.2) is 60.8 Å². The molecule has 0 aliphatic heterocycles. The molecule has 0 rings (SSSR count). The van der Waals surface area contributed by atoms with E-state index in [1.165, 1.54) is 135 Å². The molecular formula is C58H102O6. The maximum absolute atomic E-state index is 12.8. The van der Waals surface area contributed by atoms with Gasteiger partial charge in [0.25, 0.3) is 0 Å². The number of carbonyl (C=O) groups is 3. The highest BCUT2D eigenvalue weighted by Gasteiger charge is 2.19. The van der Waals surface area contributed by atoms with E-state index in [1.807, 2.05) is 0 Å². The Kier molecular flexibility index (Phi) is 50.4. The van der Waals surface area contributed by atoms with Gasteiger partial charge in [-0.1, -0.05) is 210 Å². The van der Waals surface area contributed by atoms with Crippen molar-refractivity contribution in [3.05, 3.63) is 60.8 Å². The number of esters is 3. The second-order valence-electron chi connectivity index (χ2n) is 18.1. The maximum atomic E-state index is 12.8. The molecule has 6 heteroatoms. The quantitative estimate of drug-likeness (QED) is 0.0262. The normalized spacial score (nSPS) is 12.5. The van der Waals surface area contributed by atoms with Crippen LogP contribution in [0.5, 0.6) is 0 Å². The number of allylic oxidation sites excluding steroid dienone is 10. The smallest absolute Gasteiger partial charge is 0.306 e. The molecular weight excluding hydrogens is 793 g/mol. The third kappa shape index (κ3) is 50.1. The molecule has 1 unspecified atom stereocenters. The largest absolute Gasteiger partial charge is 0.462 e. The molecule has 0 saturated heterocycles. The Morgan fingerprint density at radius 3 is 0.953 bits per heavy atom. The molecule has 0 N–H and O–H groups in total. The van der Waals surface area contributed by atoms with Gasteiger partial charge in [0.2, 0.25) is 0 Å². The first-order valence-electron chi connectivity index (χ1n) is 27.3. The van der Waals surface area contributed by atoms with E-state index in [0.717, 1.165) is 96.3 Å². The first-order chi connectivity index (χ1) is 31.5. The maximum Gasteiger partial charge on any atom is 0.306 e. The Morgan fingerprint density at radius 2 is 0.578 bits per heavy atom. The Balaban J connectivity index is 4.36. The lowest BCUT2D eigenvalue weighted by molar-refractivity contribution is -0.167. The molecule has 0 aliphatic rings. The summed E-state index contributed by atoms with van der Waals surface area (Å²) in [7, 11) is 0. The molecule has 0 bridgehead atoms. The summed E-state index contributed by atoms with van der Waals surface area (Å²) in [4.78, 5) is 38.0. The fourth-order valence-electron chi connectivity index (χ4n) is 7.54. The minimum atomic E-state index is -0.785. The van der Waals surface area contributed by atoms with Gasteiger partial charge in [-0.15, -0.1) is 0 Å². The third-order valence-electron chi connectivity index (χ3n) is 11.7. The van der Waals surface area contributed by atoms with Crippen LogP contribution in [0.25, 0.3) is 0 Å². The zero-order chi connectivity index (χ0) is 46.5. The van der Waals surface area contributed by atoms with E-state index in [-0.39, 0.29) is 31.1 Å². The monoisotopic (exact) mass is 895 g/mol. The van der Waals surface area contributed by atoms with E-state index in [1.54, 1.807) is 0 Å². The van der Waals surface area contributed by atoms with Crippen molar-refractivity contribution in [2.45, 2.75) is 277 Å². The molecule has 0 radical (unpaired) electrons. The average Bonchev–Trinajstić information content (AvgIpc) is 3.29. The molecule has 0 aromatic rings. The van der Waals surface area contributed by atoms with Crippen molar-refractivity contribution in [1.29, 1.82) is 0 Å². The summed E-state index contributed by atoms with van der Waals surface area (Å²) in [6, 6.07) is 0. The molecule has 0 fully saturated rings. The molecule has 0 saturated carbocycles. The van der Waals surface area contributed by atoms with Crippen molar-refractivity contribution in [3.8, 4) is 0 Å². The number of unbranched alkanes of at least 4 members (excludes halogenated alkanes) is 28. The first kappa shape index (κ1) is 61.1. The van der Waals surface area contributed by atoms with Crippen LogP contribution < -0.4 is 0 Å². The van der Waals surface area contributed by atoms with E-state index in [2.05, 4.69) is 81.5 Å². The van der Waals surface area contributed by atoms with Gasteiger partial charge in [-0.2, -0.15) is 0 Å². The van der Waals surface area contributed by atoms with Gasteiger partial charge in [0.15, 0.2) is 6.10 Å². The van der Waals surface area contributed by atoms with Crippen LogP contribution in [-0.4, -0.2) is 37.2 Å². The van der Waals surface area contributed by atoms with Crippen LogP contribution in [-0.2, 0) is 28.6 Å². The summed E-state index contributed by atoms with van der Waals surface area (Å²) >= 11 is 0. The molecule has 370 valence electrons. The van der Waals surface area contributed by atoms with Crippen molar-refractivity contribution in [2.75, 3.05) is 13.2 Å². The zero-order valence-electron chi connectivity index (χ0n) is 42.3.